The van der Waals surface area contributed by atoms with Crippen LogP contribution in [0, 0.1) is 17.8 Å². The Morgan fingerprint density at radius 1 is 1.00 bits per heavy atom. The van der Waals surface area contributed by atoms with E-state index in [-0.39, 0.29) is 11.8 Å². The van der Waals surface area contributed by atoms with Crippen LogP contribution < -0.4 is 9.47 Å². The summed E-state index contributed by atoms with van der Waals surface area (Å²) in [6.07, 6.45) is 12.0. The number of fused-ring (bicyclic) bond motifs is 2. The van der Waals surface area contributed by atoms with Gasteiger partial charge in [-0.3, -0.25) is 0 Å². The van der Waals surface area contributed by atoms with Crippen molar-refractivity contribution in [1.82, 2.24) is 14.9 Å². The first-order chi connectivity index (χ1) is 14.1. The molecule has 2 bridgehead atoms. The van der Waals surface area contributed by atoms with E-state index < -0.39 is 5.60 Å². The lowest BCUT2D eigenvalue weighted by molar-refractivity contribution is -0.150. The quantitative estimate of drug-likeness (QED) is 0.747. The van der Waals surface area contributed by atoms with Crippen molar-refractivity contribution in [2.24, 2.45) is 17.8 Å². The molecule has 1 saturated heterocycles. The van der Waals surface area contributed by atoms with Crippen molar-refractivity contribution < 1.29 is 14.6 Å². The standard InChI is InChI=1S/C23H37N3O3/c1-3-28-21-20(13-24-22(25-21)29-4-2)23(27)18-11-8-12-19(23)16-26(15-18)14-17-9-6-5-7-10-17/h13,17-19,27H,3-12,14-16H2,1-2H3/t18-,19-/m1/s1. The molecule has 0 radical (unpaired) electrons. The largest absolute Gasteiger partial charge is 0.478 e. The van der Waals surface area contributed by atoms with E-state index in [0.29, 0.717) is 25.1 Å². The van der Waals surface area contributed by atoms with Crippen molar-refractivity contribution in [3.05, 3.63) is 11.8 Å². The molecule has 6 nitrogen and oxygen atoms in total. The molecule has 3 aliphatic rings. The molecule has 162 valence electrons. The van der Waals surface area contributed by atoms with Crippen molar-refractivity contribution in [2.75, 3.05) is 32.8 Å². The molecule has 4 rings (SSSR count). The van der Waals surface area contributed by atoms with Gasteiger partial charge in [0.1, 0.15) is 5.60 Å². The van der Waals surface area contributed by atoms with E-state index in [4.69, 9.17) is 9.47 Å². The lowest BCUT2D eigenvalue weighted by Gasteiger charge is -2.53. The second-order valence-corrected chi connectivity index (χ2v) is 9.11. The van der Waals surface area contributed by atoms with Crippen LogP contribution in [-0.4, -0.2) is 52.8 Å². The summed E-state index contributed by atoms with van der Waals surface area (Å²) in [6, 6.07) is 0.322. The SMILES string of the molecule is CCOc1ncc(C2(O)[C@@H]3CCC[C@@H]2CN(CC2CCCCC2)C3)c(OCC)n1. The van der Waals surface area contributed by atoms with Gasteiger partial charge < -0.3 is 19.5 Å². The number of aliphatic hydroxyl groups is 1. The van der Waals surface area contributed by atoms with E-state index in [2.05, 4.69) is 14.9 Å². The fourth-order valence-corrected chi connectivity index (χ4v) is 5.94. The minimum Gasteiger partial charge on any atom is -0.478 e. The topological polar surface area (TPSA) is 67.7 Å². The van der Waals surface area contributed by atoms with Gasteiger partial charge in [-0.1, -0.05) is 25.7 Å². The average molecular weight is 404 g/mol. The van der Waals surface area contributed by atoms with Gasteiger partial charge in [0.2, 0.25) is 5.88 Å². The third-order valence-corrected chi connectivity index (χ3v) is 7.27. The molecule has 2 heterocycles. The number of piperidine rings is 1. The number of nitrogens with zero attached hydrogens (tertiary/aromatic N) is 3. The average Bonchev–Trinajstić information content (AvgIpc) is 2.70. The van der Waals surface area contributed by atoms with Gasteiger partial charge in [-0.05, 0) is 45.4 Å². The maximum absolute atomic E-state index is 12.0. The van der Waals surface area contributed by atoms with Gasteiger partial charge in [-0.2, -0.15) is 4.98 Å². The zero-order valence-electron chi connectivity index (χ0n) is 18.1. The summed E-state index contributed by atoms with van der Waals surface area (Å²) in [5.74, 6) is 1.74. The first-order valence-corrected chi connectivity index (χ1v) is 11.7. The van der Waals surface area contributed by atoms with Gasteiger partial charge in [0.05, 0.1) is 18.8 Å². The molecule has 0 spiro atoms. The summed E-state index contributed by atoms with van der Waals surface area (Å²) < 4.78 is 11.3. The van der Waals surface area contributed by atoms with Crippen LogP contribution in [0.25, 0.3) is 0 Å². The second-order valence-electron chi connectivity index (χ2n) is 9.11. The lowest BCUT2D eigenvalue weighted by atomic mass is 9.62. The molecule has 0 unspecified atom stereocenters. The monoisotopic (exact) mass is 403 g/mol. The highest BCUT2D eigenvalue weighted by Crippen LogP contribution is 2.51. The molecule has 2 atom stereocenters. The molecule has 1 aromatic heterocycles. The summed E-state index contributed by atoms with van der Waals surface area (Å²) in [5.41, 5.74) is -0.147. The van der Waals surface area contributed by atoms with Crippen molar-refractivity contribution in [2.45, 2.75) is 70.8 Å². The van der Waals surface area contributed by atoms with Crippen molar-refractivity contribution in [3.8, 4) is 11.9 Å². The van der Waals surface area contributed by atoms with Crippen LogP contribution in [0.5, 0.6) is 11.9 Å². The molecule has 6 heteroatoms. The summed E-state index contributed by atoms with van der Waals surface area (Å²) in [6.45, 7) is 8.00. The smallest absolute Gasteiger partial charge is 0.319 e. The van der Waals surface area contributed by atoms with Gasteiger partial charge >= 0.3 is 6.01 Å². The number of hydrogen-bond donors (Lipinski definition) is 1. The van der Waals surface area contributed by atoms with Gasteiger partial charge in [-0.15, -0.1) is 0 Å². The zero-order valence-corrected chi connectivity index (χ0v) is 18.1. The van der Waals surface area contributed by atoms with Crippen LogP contribution in [0.15, 0.2) is 6.20 Å². The van der Waals surface area contributed by atoms with Gasteiger partial charge in [0, 0.05) is 37.7 Å². The van der Waals surface area contributed by atoms with E-state index in [0.717, 1.165) is 37.4 Å². The van der Waals surface area contributed by atoms with Crippen LogP contribution in [0.4, 0.5) is 0 Å². The molecular formula is C23H37N3O3. The predicted molar refractivity (Wildman–Crippen MR) is 112 cm³/mol. The highest BCUT2D eigenvalue weighted by molar-refractivity contribution is 5.34. The maximum atomic E-state index is 12.0. The van der Waals surface area contributed by atoms with Crippen molar-refractivity contribution in [1.29, 1.82) is 0 Å². The maximum Gasteiger partial charge on any atom is 0.319 e. The summed E-state index contributed by atoms with van der Waals surface area (Å²) >= 11 is 0. The Morgan fingerprint density at radius 3 is 2.34 bits per heavy atom. The van der Waals surface area contributed by atoms with E-state index in [1.807, 2.05) is 13.8 Å². The van der Waals surface area contributed by atoms with Crippen LogP contribution >= 0.6 is 0 Å². The molecule has 2 saturated carbocycles. The van der Waals surface area contributed by atoms with Gasteiger partial charge in [0.15, 0.2) is 0 Å². The Morgan fingerprint density at radius 2 is 1.69 bits per heavy atom. The molecule has 29 heavy (non-hydrogen) atoms. The predicted octanol–water partition coefficient (Wildman–Crippen LogP) is 3.77. The Labute approximate surface area is 175 Å². The number of hydrogen-bond acceptors (Lipinski definition) is 6. The fraction of sp³-hybridized carbons (Fsp3) is 0.826. The molecule has 1 aromatic rings. The third kappa shape index (κ3) is 4.24. The van der Waals surface area contributed by atoms with E-state index in [1.165, 1.54) is 45.1 Å². The molecule has 0 aromatic carbocycles. The van der Waals surface area contributed by atoms with Crippen LogP contribution in [0.3, 0.4) is 0 Å². The first-order valence-electron chi connectivity index (χ1n) is 11.7. The zero-order chi connectivity index (χ0) is 20.3. The molecule has 0 amide bonds. The normalized spacial score (nSPS) is 30.9. The van der Waals surface area contributed by atoms with Crippen LogP contribution in [0.1, 0.15) is 70.8 Å². The van der Waals surface area contributed by atoms with Crippen molar-refractivity contribution >= 4 is 0 Å². The number of rotatable bonds is 7. The fourth-order valence-electron chi connectivity index (χ4n) is 5.94. The molecule has 3 fully saturated rings. The summed E-state index contributed by atoms with van der Waals surface area (Å²) in [4.78, 5) is 11.5. The molecule has 2 aliphatic carbocycles. The number of aromatic nitrogens is 2. The summed E-state index contributed by atoms with van der Waals surface area (Å²) in [7, 11) is 0. The van der Waals surface area contributed by atoms with Gasteiger partial charge in [0.25, 0.3) is 0 Å². The highest BCUT2D eigenvalue weighted by Gasteiger charge is 2.53. The van der Waals surface area contributed by atoms with Crippen LogP contribution in [0.2, 0.25) is 0 Å². The minimum absolute atomic E-state index is 0.208. The van der Waals surface area contributed by atoms with Gasteiger partial charge in [-0.25, -0.2) is 4.98 Å². The minimum atomic E-state index is -0.906. The number of likely N-dealkylation sites (tertiary alicyclic amines) is 1. The Bertz CT molecular complexity index is 663. The third-order valence-electron chi connectivity index (χ3n) is 7.27. The number of ether oxygens (including phenoxy) is 2. The Balaban J connectivity index is 1.57. The molecule has 1 aliphatic heterocycles. The van der Waals surface area contributed by atoms with E-state index >= 15 is 0 Å². The van der Waals surface area contributed by atoms with Crippen LogP contribution in [-0.2, 0) is 5.60 Å². The summed E-state index contributed by atoms with van der Waals surface area (Å²) in [5, 5.41) is 12.0. The lowest BCUT2D eigenvalue weighted by Crippen LogP contribution is -2.59. The van der Waals surface area contributed by atoms with E-state index in [1.54, 1.807) is 6.20 Å². The first kappa shape index (κ1) is 20.9. The Hall–Kier alpha value is -1.40. The highest BCUT2D eigenvalue weighted by atomic mass is 16.5. The Kier molecular flexibility index (Phi) is 6.60. The molecule has 1 N–H and O–H groups in total. The molecular weight excluding hydrogens is 366 g/mol. The second kappa shape index (κ2) is 9.17. The van der Waals surface area contributed by atoms with Crippen molar-refractivity contribution in [3.63, 3.8) is 0 Å². The van der Waals surface area contributed by atoms with E-state index in [9.17, 15) is 5.11 Å².